The quantitative estimate of drug-likeness (QED) is 0.368. The van der Waals surface area contributed by atoms with Gasteiger partial charge in [0, 0.05) is 50.2 Å². The Hall–Kier alpha value is -2.74. The van der Waals surface area contributed by atoms with Crippen LogP contribution in [0.1, 0.15) is 44.6 Å². The molecule has 3 atom stereocenters. The summed E-state index contributed by atoms with van der Waals surface area (Å²) in [6.45, 7) is 8.24. The smallest absolute Gasteiger partial charge is 0.206 e. The Labute approximate surface area is 245 Å². The minimum Gasteiger partial charge on any atom is -0.396 e. The number of nitrogens with zero attached hydrogens (tertiary/aromatic N) is 3. The molecule has 0 amide bonds. The summed E-state index contributed by atoms with van der Waals surface area (Å²) in [7, 11) is -3.52. The number of piperidine rings is 1. The van der Waals surface area contributed by atoms with Crippen molar-refractivity contribution >= 4 is 15.5 Å². The molecule has 0 radical (unpaired) electrons. The molecule has 3 aliphatic rings. The van der Waals surface area contributed by atoms with Gasteiger partial charge >= 0.3 is 0 Å². The average molecular weight is 574 g/mol. The first-order chi connectivity index (χ1) is 19.9. The van der Waals surface area contributed by atoms with Gasteiger partial charge in [0.1, 0.15) is 0 Å². The van der Waals surface area contributed by atoms with E-state index in [1.165, 1.54) is 55.8 Å². The second-order valence-corrected chi connectivity index (χ2v) is 14.6. The number of likely N-dealkylation sites (tertiary alicyclic amines) is 1. The average Bonchev–Trinajstić information content (AvgIpc) is 3.49. The number of pyridine rings is 1. The minimum absolute atomic E-state index is 0.113. The Kier molecular flexibility index (Phi) is 8.21. The fourth-order valence-corrected chi connectivity index (χ4v) is 9.31. The number of benzene rings is 2. The Morgan fingerprint density at radius 2 is 1.54 bits per heavy atom. The highest BCUT2D eigenvalue weighted by molar-refractivity contribution is 7.91. The highest BCUT2D eigenvalue weighted by Gasteiger charge is 2.48. The molecule has 1 aliphatic carbocycles. The van der Waals surface area contributed by atoms with E-state index in [0.717, 1.165) is 44.8 Å². The highest BCUT2D eigenvalue weighted by atomic mass is 32.2. The number of hydrogen-bond acceptors (Lipinski definition) is 6. The normalized spacial score (nSPS) is 24.2. The molecule has 6 rings (SSSR count). The van der Waals surface area contributed by atoms with Gasteiger partial charge in [-0.2, -0.15) is 0 Å². The van der Waals surface area contributed by atoms with Crippen LogP contribution in [0, 0.1) is 23.7 Å². The molecule has 3 aromatic rings. The van der Waals surface area contributed by atoms with Gasteiger partial charge in [0.25, 0.3) is 0 Å². The third-order valence-corrected chi connectivity index (χ3v) is 12.2. The Morgan fingerprint density at radius 3 is 2.20 bits per heavy atom. The van der Waals surface area contributed by atoms with E-state index < -0.39 is 9.84 Å². The number of aromatic nitrogens is 1. The molecule has 0 bridgehead atoms. The molecule has 218 valence electrons. The van der Waals surface area contributed by atoms with Crippen LogP contribution >= 0.6 is 0 Å². The molecule has 2 aliphatic heterocycles. The Morgan fingerprint density at radius 1 is 0.878 bits per heavy atom. The van der Waals surface area contributed by atoms with Crippen molar-refractivity contribution < 1.29 is 13.5 Å². The van der Waals surface area contributed by atoms with Crippen molar-refractivity contribution in [2.75, 3.05) is 44.2 Å². The number of hydrogen-bond donors (Lipinski definition) is 1. The van der Waals surface area contributed by atoms with Crippen LogP contribution in [-0.2, 0) is 15.3 Å². The number of rotatable bonds is 9. The summed E-state index contributed by atoms with van der Waals surface area (Å²) in [5.41, 5.74) is 2.65. The Bertz CT molecular complexity index is 1390. The van der Waals surface area contributed by atoms with E-state index in [1.54, 1.807) is 12.1 Å². The summed E-state index contributed by atoms with van der Waals surface area (Å²) in [5, 5.41) is 10.2. The first-order valence-electron chi connectivity index (χ1n) is 15.3. The lowest BCUT2D eigenvalue weighted by Gasteiger charge is -2.49. The molecule has 3 heterocycles. The maximum absolute atomic E-state index is 12.9. The van der Waals surface area contributed by atoms with Crippen LogP contribution in [0.3, 0.4) is 0 Å². The number of sulfone groups is 1. The van der Waals surface area contributed by atoms with Crippen molar-refractivity contribution in [3.05, 3.63) is 84.7 Å². The van der Waals surface area contributed by atoms with Crippen LogP contribution in [0.2, 0.25) is 0 Å². The summed E-state index contributed by atoms with van der Waals surface area (Å²) in [5.74, 6) is 2.25. The van der Waals surface area contributed by atoms with Crippen molar-refractivity contribution in [3.8, 4) is 0 Å². The monoisotopic (exact) mass is 573 g/mol. The summed E-state index contributed by atoms with van der Waals surface area (Å²) in [6.07, 6.45) is 9.06. The minimum atomic E-state index is -3.52. The largest absolute Gasteiger partial charge is 0.396 e. The van der Waals surface area contributed by atoms with Crippen LogP contribution in [0.5, 0.6) is 0 Å². The molecule has 6 nitrogen and oxygen atoms in total. The topological polar surface area (TPSA) is 73.7 Å². The van der Waals surface area contributed by atoms with Crippen LogP contribution in [0.4, 0.5) is 5.69 Å². The molecule has 41 heavy (non-hydrogen) atoms. The molecule has 2 aromatic carbocycles. The lowest BCUT2D eigenvalue weighted by molar-refractivity contribution is 0.0578. The summed E-state index contributed by atoms with van der Waals surface area (Å²) in [4.78, 5) is 9.52. The highest BCUT2D eigenvalue weighted by Crippen LogP contribution is 2.52. The molecule has 3 fully saturated rings. The molecule has 1 N–H and O–H groups in total. The Balaban J connectivity index is 1.03. The van der Waals surface area contributed by atoms with E-state index in [2.05, 4.69) is 52.0 Å². The number of aliphatic hydroxyl groups is 1. The van der Waals surface area contributed by atoms with Gasteiger partial charge in [-0.1, -0.05) is 43.7 Å². The zero-order valence-electron chi connectivity index (χ0n) is 24.1. The van der Waals surface area contributed by atoms with Crippen LogP contribution in [0.15, 0.2) is 88.9 Å². The van der Waals surface area contributed by atoms with E-state index >= 15 is 0 Å². The molecular formula is C34H43N3O3S. The first kappa shape index (κ1) is 28.4. The molecular weight excluding hydrogens is 530 g/mol. The summed E-state index contributed by atoms with van der Waals surface area (Å²) >= 11 is 0. The van der Waals surface area contributed by atoms with Crippen LogP contribution < -0.4 is 4.90 Å². The van der Waals surface area contributed by atoms with Crippen molar-refractivity contribution in [1.82, 2.24) is 9.88 Å². The van der Waals surface area contributed by atoms with Crippen LogP contribution in [-0.4, -0.2) is 62.7 Å². The predicted octanol–water partition coefficient (Wildman–Crippen LogP) is 5.43. The zero-order chi connectivity index (χ0) is 28.5. The maximum Gasteiger partial charge on any atom is 0.206 e. The zero-order valence-corrected chi connectivity index (χ0v) is 24.9. The van der Waals surface area contributed by atoms with Gasteiger partial charge in [0.15, 0.2) is 0 Å². The molecule has 0 spiro atoms. The molecule has 1 unspecified atom stereocenters. The van der Waals surface area contributed by atoms with Gasteiger partial charge in [-0.05, 0) is 104 Å². The lowest BCUT2D eigenvalue weighted by atomic mass is 9.58. The van der Waals surface area contributed by atoms with Crippen molar-refractivity contribution in [2.45, 2.75) is 54.2 Å². The molecule has 7 heteroatoms. The van der Waals surface area contributed by atoms with Gasteiger partial charge in [-0.25, -0.2) is 8.42 Å². The van der Waals surface area contributed by atoms with Gasteiger partial charge in [0.05, 0.1) is 9.79 Å². The van der Waals surface area contributed by atoms with Gasteiger partial charge in [-0.15, -0.1) is 0 Å². The summed E-state index contributed by atoms with van der Waals surface area (Å²) in [6, 6.07) is 21.5. The third kappa shape index (κ3) is 5.56. The molecule has 1 aromatic heterocycles. The fraction of sp³-hybridized carbons (Fsp3) is 0.500. The standard InChI is InChI=1S/C34H43N3O3S/c1-34(28-7-3-2-4-8-28,33-9-5-6-27(33)25-38)29-16-20-36(21-17-29)22-26-23-37(24-26)30-10-12-31(13-11-30)41(39,40)32-14-18-35-19-15-32/h2-4,7-8,10-15,18-19,26-27,29,33,38H,5-6,9,16-17,20-25H2,1H3/t27-,33+,34?/m0/s1. The molecule has 2 saturated heterocycles. The van der Waals surface area contributed by atoms with Crippen molar-refractivity contribution in [3.63, 3.8) is 0 Å². The van der Waals surface area contributed by atoms with E-state index in [0.29, 0.717) is 35.2 Å². The SMILES string of the molecule is CC(c1ccccc1)(C1CCN(CC2CN(c3ccc(S(=O)(=O)c4ccncc4)cc3)C2)CC1)[C@@H]1CCC[C@H]1CO. The third-order valence-electron chi connectivity index (χ3n) is 10.4. The van der Waals surface area contributed by atoms with Crippen LogP contribution in [0.25, 0.3) is 0 Å². The van der Waals surface area contributed by atoms with E-state index in [-0.39, 0.29) is 10.3 Å². The first-order valence-corrected chi connectivity index (χ1v) is 16.8. The molecule has 1 saturated carbocycles. The van der Waals surface area contributed by atoms with E-state index in [9.17, 15) is 13.5 Å². The maximum atomic E-state index is 12.9. The second-order valence-electron chi connectivity index (χ2n) is 12.7. The van der Waals surface area contributed by atoms with Gasteiger partial charge < -0.3 is 14.9 Å². The number of anilines is 1. The predicted molar refractivity (Wildman–Crippen MR) is 163 cm³/mol. The van der Waals surface area contributed by atoms with E-state index in [1.807, 2.05) is 12.1 Å². The fourth-order valence-electron chi connectivity index (χ4n) is 8.06. The van der Waals surface area contributed by atoms with Gasteiger partial charge in [0.2, 0.25) is 9.84 Å². The van der Waals surface area contributed by atoms with Crippen molar-refractivity contribution in [2.24, 2.45) is 23.7 Å². The lowest BCUT2D eigenvalue weighted by Crippen LogP contribution is -2.53. The summed E-state index contributed by atoms with van der Waals surface area (Å²) < 4.78 is 25.8. The number of aliphatic hydroxyl groups excluding tert-OH is 1. The van der Waals surface area contributed by atoms with E-state index in [4.69, 9.17) is 0 Å². The van der Waals surface area contributed by atoms with Gasteiger partial charge in [-0.3, -0.25) is 4.98 Å². The second kappa shape index (κ2) is 11.9. The van der Waals surface area contributed by atoms with Crippen molar-refractivity contribution in [1.29, 1.82) is 0 Å².